The molecule has 1 heteroatoms. The fourth-order valence-electron chi connectivity index (χ4n) is 2.83. The van der Waals surface area contributed by atoms with Crippen molar-refractivity contribution in [3.8, 4) is 0 Å². The molecule has 0 aliphatic carbocycles. The Hall–Kier alpha value is -1.60. The van der Waals surface area contributed by atoms with Gasteiger partial charge in [-0.05, 0) is 57.3 Å². The molecule has 0 bridgehead atoms. The van der Waals surface area contributed by atoms with Crippen LogP contribution in [0.3, 0.4) is 0 Å². The zero-order valence-corrected chi connectivity index (χ0v) is 14.1. The Labute approximate surface area is 136 Å². The molecule has 0 saturated carbocycles. The first-order chi connectivity index (χ1) is 10.7. The molecule has 0 unspecified atom stereocenters. The summed E-state index contributed by atoms with van der Waals surface area (Å²) in [5.74, 6) is 0. The Morgan fingerprint density at radius 3 is 2.27 bits per heavy atom. The summed E-state index contributed by atoms with van der Waals surface area (Å²) in [7, 11) is 2.24. The number of hydrogen-bond acceptors (Lipinski definition) is 1. The smallest absolute Gasteiger partial charge is 0.00188 e. The third-order valence-corrected chi connectivity index (χ3v) is 4.21. The third-order valence-electron chi connectivity index (χ3n) is 4.21. The molecular formula is C21H29N. The van der Waals surface area contributed by atoms with Crippen molar-refractivity contribution in [1.82, 2.24) is 4.90 Å². The first kappa shape index (κ1) is 16.8. The van der Waals surface area contributed by atoms with Crippen LogP contribution < -0.4 is 0 Å². The highest BCUT2D eigenvalue weighted by Crippen LogP contribution is 2.08. The molecule has 0 amide bonds. The van der Waals surface area contributed by atoms with E-state index in [2.05, 4.69) is 73.5 Å². The molecule has 0 atom stereocenters. The first-order valence-electron chi connectivity index (χ1n) is 8.52. The highest BCUT2D eigenvalue weighted by atomic mass is 15.1. The van der Waals surface area contributed by atoms with Crippen molar-refractivity contribution >= 4 is 0 Å². The lowest BCUT2D eigenvalue weighted by atomic mass is 10.1. The molecule has 0 saturated heterocycles. The van der Waals surface area contributed by atoms with Gasteiger partial charge in [-0.2, -0.15) is 0 Å². The molecule has 0 N–H and O–H groups in total. The van der Waals surface area contributed by atoms with E-state index in [1.165, 1.54) is 48.9 Å². The zero-order valence-electron chi connectivity index (χ0n) is 14.1. The molecule has 0 radical (unpaired) electrons. The maximum absolute atomic E-state index is 2.46. The summed E-state index contributed by atoms with van der Waals surface area (Å²) in [5, 5.41) is 0. The van der Waals surface area contributed by atoms with Crippen molar-refractivity contribution in [3.05, 3.63) is 71.3 Å². The second-order valence-corrected chi connectivity index (χ2v) is 6.34. The predicted octanol–water partition coefficient (Wildman–Crippen LogP) is 4.88. The summed E-state index contributed by atoms with van der Waals surface area (Å²) in [4.78, 5) is 2.46. The van der Waals surface area contributed by atoms with Crippen LogP contribution in [0, 0.1) is 6.92 Å². The van der Waals surface area contributed by atoms with E-state index in [9.17, 15) is 0 Å². The van der Waals surface area contributed by atoms with Crippen LogP contribution >= 0.6 is 0 Å². The molecule has 0 aliphatic heterocycles. The largest absolute Gasteiger partial charge is 0.306 e. The fraction of sp³-hybridized carbons (Fsp3) is 0.429. The topological polar surface area (TPSA) is 3.24 Å². The van der Waals surface area contributed by atoms with Gasteiger partial charge < -0.3 is 4.90 Å². The van der Waals surface area contributed by atoms with Crippen LogP contribution in [0.15, 0.2) is 54.6 Å². The molecule has 2 aromatic rings. The predicted molar refractivity (Wildman–Crippen MR) is 96.4 cm³/mol. The molecule has 2 rings (SSSR count). The van der Waals surface area contributed by atoms with Crippen molar-refractivity contribution in [2.75, 3.05) is 20.1 Å². The van der Waals surface area contributed by atoms with Crippen LogP contribution in [0.1, 0.15) is 36.0 Å². The van der Waals surface area contributed by atoms with Gasteiger partial charge in [0, 0.05) is 6.54 Å². The van der Waals surface area contributed by atoms with E-state index in [1.54, 1.807) is 0 Å². The second-order valence-electron chi connectivity index (χ2n) is 6.34. The first-order valence-corrected chi connectivity index (χ1v) is 8.52. The van der Waals surface area contributed by atoms with Gasteiger partial charge in [0.1, 0.15) is 0 Å². The highest BCUT2D eigenvalue weighted by molar-refractivity contribution is 5.22. The maximum atomic E-state index is 2.46. The van der Waals surface area contributed by atoms with Gasteiger partial charge in [0.05, 0.1) is 0 Å². The number of hydrogen-bond donors (Lipinski definition) is 0. The SMILES string of the molecule is Cc1cccc(CCN(C)CCCCCc2ccccc2)c1. The monoisotopic (exact) mass is 295 g/mol. The summed E-state index contributed by atoms with van der Waals surface area (Å²) >= 11 is 0. The summed E-state index contributed by atoms with van der Waals surface area (Å²) < 4.78 is 0. The highest BCUT2D eigenvalue weighted by Gasteiger charge is 2.00. The van der Waals surface area contributed by atoms with Gasteiger partial charge in [-0.25, -0.2) is 0 Å². The van der Waals surface area contributed by atoms with E-state index in [4.69, 9.17) is 0 Å². The minimum Gasteiger partial charge on any atom is -0.306 e. The zero-order chi connectivity index (χ0) is 15.6. The van der Waals surface area contributed by atoms with Gasteiger partial charge in [-0.1, -0.05) is 66.6 Å². The van der Waals surface area contributed by atoms with E-state index >= 15 is 0 Å². The molecule has 22 heavy (non-hydrogen) atoms. The minimum absolute atomic E-state index is 1.15. The number of aryl methyl sites for hydroxylation is 2. The van der Waals surface area contributed by atoms with Crippen molar-refractivity contribution in [3.63, 3.8) is 0 Å². The Morgan fingerprint density at radius 1 is 0.727 bits per heavy atom. The molecule has 0 spiro atoms. The van der Waals surface area contributed by atoms with E-state index in [-0.39, 0.29) is 0 Å². The second kappa shape index (κ2) is 9.42. The van der Waals surface area contributed by atoms with Crippen molar-refractivity contribution in [2.24, 2.45) is 0 Å². The quantitative estimate of drug-likeness (QED) is 0.596. The summed E-state index contributed by atoms with van der Waals surface area (Å²) in [5.41, 5.74) is 4.28. The minimum atomic E-state index is 1.15. The number of rotatable bonds is 9. The van der Waals surface area contributed by atoms with Gasteiger partial charge >= 0.3 is 0 Å². The molecule has 0 aliphatic rings. The number of benzene rings is 2. The van der Waals surface area contributed by atoms with Gasteiger partial charge in [-0.15, -0.1) is 0 Å². The van der Waals surface area contributed by atoms with E-state index in [1.807, 2.05) is 0 Å². The van der Waals surface area contributed by atoms with Crippen LogP contribution in [-0.2, 0) is 12.8 Å². The van der Waals surface area contributed by atoms with Gasteiger partial charge in [0.25, 0.3) is 0 Å². The molecule has 0 fully saturated rings. The fourth-order valence-corrected chi connectivity index (χ4v) is 2.83. The van der Waals surface area contributed by atoms with Crippen LogP contribution in [-0.4, -0.2) is 25.0 Å². The number of unbranched alkanes of at least 4 members (excludes halogenated alkanes) is 2. The molecule has 0 aromatic heterocycles. The number of likely N-dealkylation sites (N-methyl/N-ethyl adjacent to an activating group) is 1. The van der Waals surface area contributed by atoms with Crippen LogP contribution in [0.5, 0.6) is 0 Å². The Kier molecular flexibility index (Phi) is 7.18. The van der Waals surface area contributed by atoms with Crippen molar-refractivity contribution in [2.45, 2.75) is 39.0 Å². The molecule has 118 valence electrons. The lowest BCUT2D eigenvalue weighted by Crippen LogP contribution is -2.22. The lowest BCUT2D eigenvalue weighted by molar-refractivity contribution is 0.328. The third kappa shape index (κ3) is 6.44. The number of nitrogens with zero attached hydrogens (tertiary/aromatic N) is 1. The average molecular weight is 295 g/mol. The van der Waals surface area contributed by atoms with E-state index in [0.717, 1.165) is 13.0 Å². The Balaban J connectivity index is 1.55. The van der Waals surface area contributed by atoms with Crippen molar-refractivity contribution in [1.29, 1.82) is 0 Å². The van der Waals surface area contributed by atoms with Gasteiger partial charge in [0.2, 0.25) is 0 Å². The van der Waals surface area contributed by atoms with Crippen LogP contribution in [0.4, 0.5) is 0 Å². The molecule has 0 heterocycles. The molecular weight excluding hydrogens is 266 g/mol. The summed E-state index contributed by atoms with van der Waals surface area (Å²) in [6, 6.07) is 19.7. The van der Waals surface area contributed by atoms with Crippen molar-refractivity contribution < 1.29 is 0 Å². The van der Waals surface area contributed by atoms with E-state index < -0.39 is 0 Å². The average Bonchev–Trinajstić information content (AvgIpc) is 2.54. The Bertz CT molecular complexity index is 533. The molecule has 1 nitrogen and oxygen atoms in total. The normalized spacial score (nSPS) is 11.0. The lowest BCUT2D eigenvalue weighted by Gasteiger charge is -2.16. The summed E-state index contributed by atoms with van der Waals surface area (Å²) in [6.45, 7) is 4.53. The summed E-state index contributed by atoms with van der Waals surface area (Å²) in [6.07, 6.45) is 6.30. The maximum Gasteiger partial charge on any atom is 0.00188 e. The molecule has 2 aromatic carbocycles. The van der Waals surface area contributed by atoms with Gasteiger partial charge in [0.15, 0.2) is 0 Å². The van der Waals surface area contributed by atoms with Crippen LogP contribution in [0.25, 0.3) is 0 Å². The van der Waals surface area contributed by atoms with E-state index in [0.29, 0.717) is 0 Å². The van der Waals surface area contributed by atoms with Gasteiger partial charge in [-0.3, -0.25) is 0 Å². The standard InChI is InChI=1S/C21H29N/c1-19-10-9-14-21(18-19)15-17-22(2)16-8-4-7-13-20-11-5-3-6-12-20/h3,5-6,9-12,14,18H,4,7-8,13,15-17H2,1-2H3. The van der Waals surface area contributed by atoms with Crippen LogP contribution in [0.2, 0.25) is 0 Å². The Morgan fingerprint density at radius 2 is 1.50 bits per heavy atom.